The number of aryl methyl sites for hydroxylation is 1. The summed E-state index contributed by atoms with van der Waals surface area (Å²) in [5.41, 5.74) is 2.57. The SMILES string of the molecule is COc1ccc(/C=C/C(=O)c2ccc(O)c(CCCl)c2)cc1OCc1ccc([N+](=O)[O-])cc1. The number of ether oxygens (including phenoxy) is 2. The Hall–Kier alpha value is -3.84. The van der Waals surface area contributed by atoms with Crippen LogP contribution in [0.2, 0.25) is 0 Å². The van der Waals surface area contributed by atoms with Gasteiger partial charge in [-0.05, 0) is 71.7 Å². The van der Waals surface area contributed by atoms with Gasteiger partial charge in [0.05, 0.1) is 12.0 Å². The summed E-state index contributed by atoms with van der Waals surface area (Å²) >= 11 is 5.75. The van der Waals surface area contributed by atoms with E-state index in [1.54, 1.807) is 48.5 Å². The molecule has 0 aliphatic carbocycles. The number of alkyl halides is 1. The number of phenolic OH excluding ortho intramolecular Hbond substituents is 1. The van der Waals surface area contributed by atoms with Gasteiger partial charge in [0.2, 0.25) is 0 Å². The molecule has 0 spiro atoms. The van der Waals surface area contributed by atoms with Crippen molar-refractivity contribution >= 4 is 29.1 Å². The van der Waals surface area contributed by atoms with Crippen LogP contribution < -0.4 is 9.47 Å². The van der Waals surface area contributed by atoms with Crippen LogP contribution in [0.25, 0.3) is 6.08 Å². The lowest BCUT2D eigenvalue weighted by molar-refractivity contribution is -0.384. The molecule has 0 radical (unpaired) electrons. The first-order chi connectivity index (χ1) is 15.9. The van der Waals surface area contributed by atoms with Crippen molar-refractivity contribution < 1.29 is 24.3 Å². The number of nitro benzene ring substituents is 1. The largest absolute Gasteiger partial charge is 0.508 e. The molecule has 0 aliphatic heterocycles. The summed E-state index contributed by atoms with van der Waals surface area (Å²) in [6.45, 7) is 0.192. The van der Waals surface area contributed by atoms with E-state index in [2.05, 4.69) is 0 Å². The predicted octanol–water partition coefficient (Wildman–Crippen LogP) is 5.57. The molecule has 0 saturated heterocycles. The summed E-state index contributed by atoms with van der Waals surface area (Å²) in [5.74, 6) is 1.23. The topological polar surface area (TPSA) is 98.9 Å². The second-order valence-electron chi connectivity index (χ2n) is 7.10. The minimum Gasteiger partial charge on any atom is -0.508 e. The lowest BCUT2D eigenvalue weighted by Gasteiger charge is -2.11. The molecule has 0 heterocycles. The molecule has 0 atom stereocenters. The molecule has 170 valence electrons. The third-order valence-electron chi connectivity index (χ3n) is 4.88. The summed E-state index contributed by atoms with van der Waals surface area (Å²) in [7, 11) is 1.52. The van der Waals surface area contributed by atoms with Crippen molar-refractivity contribution in [2.75, 3.05) is 13.0 Å². The van der Waals surface area contributed by atoms with Gasteiger partial charge >= 0.3 is 0 Å². The minimum absolute atomic E-state index is 0.0107. The highest BCUT2D eigenvalue weighted by Gasteiger charge is 2.09. The molecule has 0 bridgehead atoms. The van der Waals surface area contributed by atoms with Crippen LogP contribution in [-0.4, -0.2) is 28.8 Å². The summed E-state index contributed by atoms with van der Waals surface area (Å²) in [5, 5.41) is 20.6. The molecule has 0 amide bonds. The van der Waals surface area contributed by atoms with Crippen molar-refractivity contribution in [1.29, 1.82) is 0 Å². The van der Waals surface area contributed by atoms with E-state index in [0.29, 0.717) is 34.9 Å². The summed E-state index contributed by atoms with van der Waals surface area (Å²) < 4.78 is 11.2. The molecular formula is C25H22ClNO6. The average Bonchev–Trinajstić information content (AvgIpc) is 2.83. The van der Waals surface area contributed by atoms with Crippen LogP contribution in [0.3, 0.4) is 0 Å². The molecule has 3 rings (SSSR count). The van der Waals surface area contributed by atoms with Crippen LogP contribution in [0.5, 0.6) is 17.2 Å². The Bertz CT molecular complexity index is 1170. The number of nitro groups is 1. The highest BCUT2D eigenvalue weighted by atomic mass is 35.5. The second kappa shape index (κ2) is 11.2. The molecule has 1 N–H and O–H groups in total. The van der Waals surface area contributed by atoms with E-state index in [1.165, 1.54) is 31.4 Å². The Morgan fingerprint density at radius 1 is 1.09 bits per heavy atom. The number of carbonyl (C=O) groups is 1. The molecule has 0 saturated carbocycles. The third-order valence-corrected chi connectivity index (χ3v) is 5.07. The smallest absolute Gasteiger partial charge is 0.269 e. The first-order valence-corrected chi connectivity index (χ1v) is 10.6. The van der Waals surface area contributed by atoms with Gasteiger partial charge in [-0.3, -0.25) is 14.9 Å². The Morgan fingerprint density at radius 2 is 1.85 bits per heavy atom. The Morgan fingerprint density at radius 3 is 2.52 bits per heavy atom. The zero-order chi connectivity index (χ0) is 23.8. The lowest BCUT2D eigenvalue weighted by atomic mass is 10.0. The minimum atomic E-state index is -0.457. The number of allylic oxidation sites excluding steroid dienone is 1. The normalized spacial score (nSPS) is 10.8. The Kier molecular flexibility index (Phi) is 8.05. The number of hydrogen-bond acceptors (Lipinski definition) is 6. The highest BCUT2D eigenvalue weighted by molar-refractivity contribution is 6.18. The van der Waals surface area contributed by atoms with Gasteiger partial charge in [0.15, 0.2) is 17.3 Å². The third kappa shape index (κ3) is 6.33. The predicted molar refractivity (Wildman–Crippen MR) is 126 cm³/mol. The number of benzene rings is 3. The molecule has 7 nitrogen and oxygen atoms in total. The maximum Gasteiger partial charge on any atom is 0.269 e. The zero-order valence-corrected chi connectivity index (χ0v) is 18.6. The van der Waals surface area contributed by atoms with Crippen LogP contribution in [0.1, 0.15) is 27.0 Å². The number of phenols is 1. The molecule has 0 unspecified atom stereocenters. The molecule has 33 heavy (non-hydrogen) atoms. The van der Waals surface area contributed by atoms with E-state index < -0.39 is 4.92 Å². The fourth-order valence-electron chi connectivity index (χ4n) is 3.09. The Labute approximate surface area is 196 Å². The van der Waals surface area contributed by atoms with Gasteiger partial charge in [-0.15, -0.1) is 11.6 Å². The second-order valence-corrected chi connectivity index (χ2v) is 7.48. The van der Waals surface area contributed by atoms with Crippen molar-refractivity contribution in [2.24, 2.45) is 0 Å². The highest BCUT2D eigenvalue weighted by Crippen LogP contribution is 2.30. The molecule has 3 aromatic carbocycles. The van der Waals surface area contributed by atoms with E-state index in [4.69, 9.17) is 21.1 Å². The van der Waals surface area contributed by atoms with Crippen molar-refractivity contribution in [1.82, 2.24) is 0 Å². The monoisotopic (exact) mass is 467 g/mol. The maximum atomic E-state index is 12.6. The zero-order valence-electron chi connectivity index (χ0n) is 17.9. The number of aromatic hydroxyl groups is 1. The first kappa shape index (κ1) is 23.8. The number of carbonyl (C=O) groups excluding carboxylic acids is 1. The summed E-state index contributed by atoms with van der Waals surface area (Å²) in [4.78, 5) is 22.9. The number of methoxy groups -OCH3 is 1. The summed E-state index contributed by atoms with van der Waals surface area (Å²) in [6.07, 6.45) is 3.57. The number of rotatable bonds is 10. The van der Waals surface area contributed by atoms with E-state index in [0.717, 1.165) is 11.1 Å². The van der Waals surface area contributed by atoms with Gasteiger partial charge in [-0.2, -0.15) is 0 Å². The number of hydrogen-bond donors (Lipinski definition) is 1. The van der Waals surface area contributed by atoms with Crippen LogP contribution in [0, 0.1) is 10.1 Å². The van der Waals surface area contributed by atoms with Crippen LogP contribution in [0.15, 0.2) is 66.7 Å². The molecule has 0 fully saturated rings. The maximum absolute atomic E-state index is 12.6. The number of non-ortho nitro benzene ring substituents is 1. The van der Waals surface area contributed by atoms with Crippen molar-refractivity contribution in [3.8, 4) is 17.2 Å². The molecule has 0 aromatic heterocycles. The first-order valence-electron chi connectivity index (χ1n) is 10.1. The van der Waals surface area contributed by atoms with Crippen molar-refractivity contribution in [2.45, 2.75) is 13.0 Å². The van der Waals surface area contributed by atoms with E-state index in [9.17, 15) is 20.0 Å². The fraction of sp³-hybridized carbons (Fsp3) is 0.160. The van der Waals surface area contributed by atoms with Crippen molar-refractivity contribution in [3.63, 3.8) is 0 Å². The number of ketones is 1. The average molecular weight is 468 g/mol. The molecule has 3 aromatic rings. The molecule has 0 aliphatic rings. The number of nitrogens with zero attached hydrogens (tertiary/aromatic N) is 1. The van der Waals surface area contributed by atoms with Crippen LogP contribution >= 0.6 is 11.6 Å². The van der Waals surface area contributed by atoms with E-state index in [-0.39, 0.29) is 23.8 Å². The van der Waals surface area contributed by atoms with Gasteiger partial charge in [-0.25, -0.2) is 0 Å². The van der Waals surface area contributed by atoms with E-state index >= 15 is 0 Å². The van der Waals surface area contributed by atoms with Gasteiger partial charge in [0.1, 0.15) is 12.4 Å². The lowest BCUT2D eigenvalue weighted by Crippen LogP contribution is -1.99. The van der Waals surface area contributed by atoms with Gasteiger partial charge in [-0.1, -0.05) is 12.1 Å². The number of halogens is 1. The molecule has 8 heteroatoms. The quantitative estimate of drug-likeness (QED) is 0.138. The summed E-state index contributed by atoms with van der Waals surface area (Å²) in [6, 6.07) is 16.0. The van der Waals surface area contributed by atoms with Crippen LogP contribution in [0.4, 0.5) is 5.69 Å². The van der Waals surface area contributed by atoms with Gasteiger partial charge in [0.25, 0.3) is 5.69 Å². The fourth-order valence-corrected chi connectivity index (χ4v) is 3.30. The van der Waals surface area contributed by atoms with Crippen LogP contribution in [-0.2, 0) is 13.0 Å². The van der Waals surface area contributed by atoms with Gasteiger partial charge in [0, 0.05) is 23.6 Å². The van der Waals surface area contributed by atoms with Crippen molar-refractivity contribution in [3.05, 3.63) is 99.1 Å². The molecular weight excluding hydrogens is 446 g/mol. The standard InChI is InChI=1S/C25H22ClNO6/c1-32-24-11-5-17(4-9-22(28)19-6-10-23(29)20(15-19)12-13-26)14-25(24)33-16-18-2-7-21(8-3-18)27(30)31/h2-11,14-15,29H,12-13,16H2,1H3/b9-4+. The van der Waals surface area contributed by atoms with E-state index in [1.807, 2.05) is 0 Å². The Balaban J connectivity index is 1.73. The van der Waals surface area contributed by atoms with Gasteiger partial charge < -0.3 is 14.6 Å².